The third-order valence-corrected chi connectivity index (χ3v) is 7.13. The van der Waals surface area contributed by atoms with Crippen LogP contribution in [-0.2, 0) is 24.9 Å². The number of ether oxygens (including phenoxy) is 1. The zero-order chi connectivity index (χ0) is 24.9. The summed E-state index contributed by atoms with van der Waals surface area (Å²) >= 11 is 1.38. The van der Waals surface area contributed by atoms with Gasteiger partial charge in [0, 0.05) is 42.3 Å². The number of carbonyl (C=O) groups is 2. The predicted molar refractivity (Wildman–Crippen MR) is 142 cm³/mol. The van der Waals surface area contributed by atoms with Crippen molar-refractivity contribution in [3.63, 3.8) is 0 Å². The van der Waals surface area contributed by atoms with Crippen molar-refractivity contribution >= 4 is 35.0 Å². The maximum absolute atomic E-state index is 13.0. The highest BCUT2D eigenvalue weighted by molar-refractivity contribution is 8.00. The van der Waals surface area contributed by atoms with Gasteiger partial charge in [-0.3, -0.25) is 9.59 Å². The van der Waals surface area contributed by atoms with Crippen LogP contribution in [0.2, 0.25) is 0 Å². The van der Waals surface area contributed by atoms with Crippen molar-refractivity contribution in [2.24, 2.45) is 7.05 Å². The number of benzene rings is 3. The third kappa shape index (κ3) is 5.28. The highest BCUT2D eigenvalue weighted by atomic mass is 32.2. The summed E-state index contributed by atoms with van der Waals surface area (Å²) in [5.41, 5.74) is 3.38. The highest BCUT2D eigenvalue weighted by Crippen LogP contribution is 2.30. The van der Waals surface area contributed by atoms with Gasteiger partial charge in [0.15, 0.2) is 0 Å². The fourth-order valence-electron chi connectivity index (χ4n) is 4.11. The first-order valence-corrected chi connectivity index (χ1v) is 12.7. The number of rotatable bonds is 8. The second-order valence-electron chi connectivity index (χ2n) is 8.43. The lowest BCUT2D eigenvalue weighted by molar-refractivity contribution is -0.116. The molecule has 0 saturated carbocycles. The number of hydrogen-bond donors (Lipinski definition) is 1. The minimum Gasteiger partial charge on any atom is -0.486 e. The van der Waals surface area contributed by atoms with Crippen LogP contribution in [0.4, 0.5) is 11.4 Å². The summed E-state index contributed by atoms with van der Waals surface area (Å²) in [6.45, 7) is 1.06. The molecule has 0 radical (unpaired) electrons. The topological polar surface area (TPSA) is 76.5 Å². The number of carbonyl (C=O) groups excluding carboxylic acids is 2. The Balaban J connectivity index is 1.19. The second-order valence-corrected chi connectivity index (χ2v) is 9.45. The maximum Gasteiger partial charge on any atom is 0.256 e. The van der Waals surface area contributed by atoms with Crippen LogP contribution in [0, 0.1) is 0 Å². The zero-order valence-electron chi connectivity index (χ0n) is 19.9. The predicted octanol–water partition coefficient (Wildman–Crippen LogP) is 4.93. The molecule has 36 heavy (non-hydrogen) atoms. The zero-order valence-corrected chi connectivity index (χ0v) is 20.7. The first kappa shape index (κ1) is 23.7. The lowest BCUT2D eigenvalue weighted by Gasteiger charge is -2.17. The van der Waals surface area contributed by atoms with Crippen molar-refractivity contribution in [2.45, 2.75) is 17.9 Å². The Hall–Kier alpha value is -4.04. The van der Waals surface area contributed by atoms with Crippen LogP contribution in [0.1, 0.15) is 21.7 Å². The number of fused-ring (bicyclic) bond motifs is 1. The molecule has 1 aliphatic rings. The normalized spacial score (nSPS) is 12.3. The first-order valence-electron chi connectivity index (χ1n) is 11.7. The fourth-order valence-corrected chi connectivity index (χ4v) is 5.04. The average molecular weight is 499 g/mol. The number of imidazole rings is 1. The molecule has 0 aliphatic carbocycles. The molecule has 1 aromatic heterocycles. The van der Waals surface area contributed by atoms with Crippen molar-refractivity contribution in [2.75, 3.05) is 22.5 Å². The van der Waals surface area contributed by atoms with Gasteiger partial charge >= 0.3 is 0 Å². The molecule has 0 atom stereocenters. The highest BCUT2D eigenvalue weighted by Gasteiger charge is 2.24. The molecule has 8 heteroatoms. The summed E-state index contributed by atoms with van der Waals surface area (Å²) in [6.07, 6.45) is 4.47. The average Bonchev–Trinajstić information content (AvgIpc) is 3.53. The molecule has 1 aliphatic heterocycles. The summed E-state index contributed by atoms with van der Waals surface area (Å²) in [5, 5.41) is 2.94. The molecule has 5 rings (SSSR count). The van der Waals surface area contributed by atoms with Gasteiger partial charge in [-0.2, -0.15) is 0 Å². The van der Waals surface area contributed by atoms with E-state index in [0.717, 1.165) is 22.8 Å². The van der Waals surface area contributed by atoms with Gasteiger partial charge in [0.2, 0.25) is 5.91 Å². The number of nitrogens with one attached hydrogen (secondary N) is 1. The van der Waals surface area contributed by atoms with Gasteiger partial charge in [0.05, 0.1) is 11.3 Å². The SMILES string of the molecule is Cn1ccnc1COc1ccc(NC(=O)c2ccccc2SCC(=O)N2CCc3ccccc32)cc1. The molecular weight excluding hydrogens is 472 g/mol. The monoisotopic (exact) mass is 498 g/mol. The Morgan fingerprint density at radius 3 is 2.61 bits per heavy atom. The number of aryl methyl sites for hydroxylation is 1. The Kier molecular flexibility index (Phi) is 7.04. The minimum atomic E-state index is -0.223. The standard InChI is InChI=1S/C28H26N4O3S/c1-31-17-15-29-26(31)18-35-22-12-10-21(11-13-22)30-28(34)23-7-3-5-9-25(23)36-19-27(33)32-16-14-20-6-2-4-8-24(20)32/h2-13,15,17H,14,16,18-19H2,1H3,(H,30,34). The number of amides is 2. The largest absolute Gasteiger partial charge is 0.486 e. The summed E-state index contributed by atoms with van der Waals surface area (Å²) in [4.78, 5) is 32.8. The van der Waals surface area contributed by atoms with E-state index in [1.807, 2.05) is 71.2 Å². The molecule has 2 amide bonds. The van der Waals surface area contributed by atoms with Gasteiger partial charge < -0.3 is 19.5 Å². The summed E-state index contributed by atoms with van der Waals surface area (Å²) in [6, 6.07) is 22.6. The fraction of sp³-hybridized carbons (Fsp3) is 0.179. The van der Waals surface area contributed by atoms with Gasteiger partial charge in [-0.15, -0.1) is 11.8 Å². The minimum absolute atomic E-state index is 0.0429. The molecular formula is C28H26N4O3S. The first-order chi connectivity index (χ1) is 17.6. The molecule has 0 fully saturated rings. The Labute approximate surface area is 214 Å². The van der Waals surface area contributed by atoms with E-state index in [1.54, 1.807) is 24.4 Å². The third-order valence-electron chi connectivity index (χ3n) is 6.07. The number of aromatic nitrogens is 2. The van der Waals surface area contributed by atoms with Crippen LogP contribution < -0.4 is 15.0 Å². The van der Waals surface area contributed by atoms with E-state index in [0.29, 0.717) is 30.2 Å². The quantitative estimate of drug-likeness (QED) is 0.349. The van der Waals surface area contributed by atoms with Gasteiger partial charge in [-0.1, -0.05) is 30.3 Å². The van der Waals surface area contributed by atoms with Crippen molar-refractivity contribution in [1.82, 2.24) is 9.55 Å². The molecule has 182 valence electrons. The van der Waals surface area contributed by atoms with Gasteiger partial charge in [0.25, 0.3) is 5.91 Å². The van der Waals surface area contributed by atoms with Crippen LogP contribution in [0.25, 0.3) is 0 Å². The van der Waals surface area contributed by atoms with Gasteiger partial charge in [-0.25, -0.2) is 4.98 Å². The molecule has 0 spiro atoms. The molecule has 4 aromatic rings. The smallest absolute Gasteiger partial charge is 0.256 e. The van der Waals surface area contributed by atoms with Crippen molar-refractivity contribution in [3.8, 4) is 5.75 Å². The van der Waals surface area contributed by atoms with Crippen LogP contribution in [0.3, 0.4) is 0 Å². The summed E-state index contributed by atoms with van der Waals surface area (Å²) in [7, 11) is 1.92. The molecule has 2 heterocycles. The van der Waals surface area contributed by atoms with E-state index in [4.69, 9.17) is 4.74 Å². The van der Waals surface area contributed by atoms with E-state index in [-0.39, 0.29) is 17.6 Å². The second kappa shape index (κ2) is 10.7. The van der Waals surface area contributed by atoms with Crippen LogP contribution in [-0.4, -0.2) is 33.7 Å². The molecule has 0 saturated heterocycles. The van der Waals surface area contributed by atoms with E-state index in [2.05, 4.69) is 16.4 Å². The Morgan fingerprint density at radius 2 is 1.81 bits per heavy atom. The van der Waals surface area contributed by atoms with Crippen LogP contribution in [0.15, 0.2) is 90.1 Å². The number of hydrogen-bond acceptors (Lipinski definition) is 5. The van der Waals surface area contributed by atoms with Crippen LogP contribution in [0.5, 0.6) is 5.75 Å². The molecule has 0 bridgehead atoms. The van der Waals surface area contributed by atoms with E-state index < -0.39 is 0 Å². The molecule has 0 unspecified atom stereocenters. The van der Waals surface area contributed by atoms with Crippen molar-refractivity contribution in [3.05, 3.63) is 102 Å². The van der Waals surface area contributed by atoms with Gasteiger partial charge in [-0.05, 0) is 54.4 Å². The summed E-state index contributed by atoms with van der Waals surface area (Å²) < 4.78 is 7.68. The van der Waals surface area contributed by atoms with E-state index in [1.165, 1.54) is 17.3 Å². The number of nitrogens with zero attached hydrogens (tertiary/aromatic N) is 3. The lowest BCUT2D eigenvalue weighted by atomic mass is 10.2. The summed E-state index contributed by atoms with van der Waals surface area (Å²) in [5.74, 6) is 1.60. The number of thioether (sulfide) groups is 1. The number of anilines is 2. The Morgan fingerprint density at radius 1 is 1.03 bits per heavy atom. The Bertz CT molecular complexity index is 1380. The number of para-hydroxylation sites is 1. The van der Waals surface area contributed by atoms with E-state index >= 15 is 0 Å². The van der Waals surface area contributed by atoms with Crippen molar-refractivity contribution in [1.29, 1.82) is 0 Å². The molecule has 1 N–H and O–H groups in total. The van der Waals surface area contributed by atoms with Crippen molar-refractivity contribution < 1.29 is 14.3 Å². The maximum atomic E-state index is 13.0. The van der Waals surface area contributed by atoms with Crippen LogP contribution >= 0.6 is 11.8 Å². The molecule has 3 aromatic carbocycles. The van der Waals surface area contributed by atoms with E-state index in [9.17, 15) is 9.59 Å². The lowest BCUT2D eigenvalue weighted by Crippen LogP contribution is -2.30. The van der Waals surface area contributed by atoms with Gasteiger partial charge in [0.1, 0.15) is 18.2 Å². The molecule has 7 nitrogen and oxygen atoms in total.